The summed E-state index contributed by atoms with van der Waals surface area (Å²) in [6, 6.07) is 0. The van der Waals surface area contributed by atoms with E-state index in [1.54, 1.807) is 0 Å². The van der Waals surface area contributed by atoms with Gasteiger partial charge in [-0.3, -0.25) is 4.79 Å². The second kappa shape index (κ2) is 29.2. The molecule has 0 aromatic rings. The molecule has 0 aromatic carbocycles. The summed E-state index contributed by atoms with van der Waals surface area (Å²) in [6.07, 6.45) is 39.8. The molecule has 0 heterocycles. The Morgan fingerprint density at radius 1 is 0.485 bits per heavy atom. The molecule has 0 aliphatic carbocycles. The van der Waals surface area contributed by atoms with Crippen molar-refractivity contribution in [1.29, 1.82) is 0 Å². The minimum atomic E-state index is -0.0661. The highest BCUT2D eigenvalue weighted by Gasteiger charge is 1.99. The van der Waals surface area contributed by atoms with E-state index >= 15 is 0 Å². The van der Waals surface area contributed by atoms with Crippen molar-refractivity contribution >= 4 is 5.97 Å². The molecule has 0 fully saturated rings. The van der Waals surface area contributed by atoms with Crippen LogP contribution in [0.5, 0.6) is 0 Å². The van der Waals surface area contributed by atoms with E-state index in [2.05, 4.69) is 23.8 Å². The fourth-order valence-corrected chi connectivity index (χ4v) is 4.56. The molecule has 0 saturated carbocycles. The Hall–Kier alpha value is -0.790. The first-order valence-electron chi connectivity index (χ1n) is 15.0. The standard InChI is InChI=1S/C31H60O2/c1-3-4-5-6-7-8-9-10-11-12-13-14-15-16-17-18-19-20-21-22-23-24-25-26-27-28-29-30-31(32)33-2/h18-19H,3-17,20-30H2,1-2H3. The second-order valence-electron chi connectivity index (χ2n) is 10.2. The van der Waals surface area contributed by atoms with Gasteiger partial charge in [-0.25, -0.2) is 0 Å². The Balaban J connectivity index is 3.10. The van der Waals surface area contributed by atoms with Crippen LogP contribution in [0.2, 0.25) is 0 Å². The number of carbonyl (C=O) groups excluding carboxylic acids is 1. The fourth-order valence-electron chi connectivity index (χ4n) is 4.56. The molecule has 2 heteroatoms. The molecule has 0 aromatic heterocycles. The molecular weight excluding hydrogens is 404 g/mol. The van der Waals surface area contributed by atoms with Gasteiger partial charge in [0.2, 0.25) is 0 Å². The minimum absolute atomic E-state index is 0.0661. The normalized spacial score (nSPS) is 11.5. The zero-order valence-electron chi connectivity index (χ0n) is 22.9. The van der Waals surface area contributed by atoms with Gasteiger partial charge in [0.1, 0.15) is 0 Å². The van der Waals surface area contributed by atoms with Crippen molar-refractivity contribution in [2.45, 2.75) is 174 Å². The molecule has 0 rings (SSSR count). The van der Waals surface area contributed by atoms with Crippen molar-refractivity contribution in [3.63, 3.8) is 0 Å². The van der Waals surface area contributed by atoms with Crippen LogP contribution in [0, 0.1) is 0 Å². The van der Waals surface area contributed by atoms with E-state index in [9.17, 15) is 4.79 Å². The third kappa shape index (κ3) is 29.2. The first kappa shape index (κ1) is 32.2. The second-order valence-corrected chi connectivity index (χ2v) is 10.2. The van der Waals surface area contributed by atoms with Crippen molar-refractivity contribution < 1.29 is 9.53 Å². The highest BCUT2D eigenvalue weighted by molar-refractivity contribution is 5.68. The van der Waals surface area contributed by atoms with Gasteiger partial charge in [0.25, 0.3) is 0 Å². The SMILES string of the molecule is CCCCCCCCCCCCCCCCC=CCCCCCCCCCCCC(=O)OC. The average molecular weight is 465 g/mol. The monoisotopic (exact) mass is 464 g/mol. The van der Waals surface area contributed by atoms with Crippen molar-refractivity contribution in [2.24, 2.45) is 0 Å². The van der Waals surface area contributed by atoms with Crippen LogP contribution in [0.3, 0.4) is 0 Å². The van der Waals surface area contributed by atoms with Crippen LogP contribution in [-0.2, 0) is 9.53 Å². The molecule has 0 spiro atoms. The van der Waals surface area contributed by atoms with Gasteiger partial charge in [0.05, 0.1) is 7.11 Å². The van der Waals surface area contributed by atoms with Crippen molar-refractivity contribution in [3.05, 3.63) is 12.2 Å². The van der Waals surface area contributed by atoms with Gasteiger partial charge >= 0.3 is 5.97 Å². The summed E-state index contributed by atoms with van der Waals surface area (Å²) in [5, 5.41) is 0. The van der Waals surface area contributed by atoms with Gasteiger partial charge in [-0.05, 0) is 32.1 Å². The Morgan fingerprint density at radius 2 is 0.788 bits per heavy atom. The van der Waals surface area contributed by atoms with Crippen molar-refractivity contribution in [3.8, 4) is 0 Å². The summed E-state index contributed by atoms with van der Waals surface area (Å²) in [4.78, 5) is 11.0. The zero-order chi connectivity index (χ0) is 24.1. The molecule has 0 saturated heterocycles. The van der Waals surface area contributed by atoms with Crippen LogP contribution in [0.4, 0.5) is 0 Å². The van der Waals surface area contributed by atoms with Gasteiger partial charge in [-0.15, -0.1) is 0 Å². The Labute approximate surface area is 208 Å². The van der Waals surface area contributed by atoms with Crippen LogP contribution in [0.15, 0.2) is 12.2 Å². The van der Waals surface area contributed by atoms with Crippen LogP contribution in [0.1, 0.15) is 174 Å². The molecule has 196 valence electrons. The predicted octanol–water partition coefficient (Wildman–Crippen LogP) is 10.9. The lowest BCUT2D eigenvalue weighted by atomic mass is 10.0. The Bertz CT molecular complexity index is 402. The summed E-state index contributed by atoms with van der Waals surface area (Å²) in [5.41, 5.74) is 0. The fraction of sp³-hybridized carbons (Fsp3) is 0.903. The molecule has 0 atom stereocenters. The molecule has 0 amide bonds. The number of hydrogen-bond acceptors (Lipinski definition) is 2. The smallest absolute Gasteiger partial charge is 0.305 e. The first-order chi connectivity index (χ1) is 16.3. The molecule has 33 heavy (non-hydrogen) atoms. The molecule has 0 radical (unpaired) electrons. The third-order valence-corrected chi connectivity index (χ3v) is 6.87. The minimum Gasteiger partial charge on any atom is -0.469 e. The van der Waals surface area contributed by atoms with E-state index in [0.717, 1.165) is 6.42 Å². The number of rotatable bonds is 27. The maximum absolute atomic E-state index is 11.0. The van der Waals surface area contributed by atoms with Crippen LogP contribution >= 0.6 is 0 Å². The van der Waals surface area contributed by atoms with Crippen molar-refractivity contribution in [2.75, 3.05) is 7.11 Å². The summed E-state index contributed by atoms with van der Waals surface area (Å²) in [7, 11) is 1.47. The van der Waals surface area contributed by atoms with E-state index < -0.39 is 0 Å². The van der Waals surface area contributed by atoms with E-state index in [0.29, 0.717) is 6.42 Å². The highest BCUT2D eigenvalue weighted by atomic mass is 16.5. The number of allylic oxidation sites excluding steroid dienone is 2. The Morgan fingerprint density at radius 3 is 1.12 bits per heavy atom. The van der Waals surface area contributed by atoms with E-state index in [4.69, 9.17) is 0 Å². The lowest BCUT2D eigenvalue weighted by Crippen LogP contribution is -1.99. The summed E-state index contributed by atoms with van der Waals surface area (Å²) >= 11 is 0. The first-order valence-corrected chi connectivity index (χ1v) is 15.0. The Kier molecular flexibility index (Phi) is 28.5. The van der Waals surface area contributed by atoms with Crippen molar-refractivity contribution in [1.82, 2.24) is 0 Å². The van der Waals surface area contributed by atoms with Crippen LogP contribution in [-0.4, -0.2) is 13.1 Å². The topological polar surface area (TPSA) is 26.3 Å². The molecule has 2 nitrogen and oxygen atoms in total. The molecule has 0 bridgehead atoms. The van der Waals surface area contributed by atoms with Gasteiger partial charge < -0.3 is 4.74 Å². The lowest BCUT2D eigenvalue weighted by molar-refractivity contribution is -0.140. The summed E-state index contributed by atoms with van der Waals surface area (Å²) in [6.45, 7) is 2.30. The highest BCUT2D eigenvalue weighted by Crippen LogP contribution is 2.14. The lowest BCUT2D eigenvalue weighted by Gasteiger charge is -2.03. The van der Waals surface area contributed by atoms with E-state index in [-0.39, 0.29) is 5.97 Å². The molecule has 0 aliphatic rings. The number of unbranched alkanes of at least 4 members (excludes halogenated alkanes) is 23. The number of carbonyl (C=O) groups is 1. The summed E-state index contributed by atoms with van der Waals surface area (Å²) < 4.78 is 4.67. The maximum atomic E-state index is 11.0. The van der Waals surface area contributed by atoms with Gasteiger partial charge in [-0.2, -0.15) is 0 Å². The third-order valence-electron chi connectivity index (χ3n) is 6.87. The maximum Gasteiger partial charge on any atom is 0.305 e. The van der Waals surface area contributed by atoms with Gasteiger partial charge in [0, 0.05) is 6.42 Å². The van der Waals surface area contributed by atoms with E-state index in [1.807, 2.05) is 0 Å². The number of esters is 1. The number of hydrogen-bond donors (Lipinski definition) is 0. The quantitative estimate of drug-likeness (QED) is 0.0686. The number of methoxy groups -OCH3 is 1. The van der Waals surface area contributed by atoms with Crippen LogP contribution in [0.25, 0.3) is 0 Å². The zero-order valence-corrected chi connectivity index (χ0v) is 22.9. The van der Waals surface area contributed by atoms with Gasteiger partial charge in [-0.1, -0.05) is 147 Å². The molecule has 0 unspecified atom stereocenters. The van der Waals surface area contributed by atoms with Crippen LogP contribution < -0.4 is 0 Å². The van der Waals surface area contributed by atoms with Gasteiger partial charge in [0.15, 0.2) is 0 Å². The molecule has 0 aliphatic heterocycles. The average Bonchev–Trinajstić information content (AvgIpc) is 2.83. The predicted molar refractivity (Wildman–Crippen MR) is 147 cm³/mol. The molecule has 0 N–H and O–H groups in total. The van der Waals surface area contributed by atoms with E-state index in [1.165, 1.54) is 161 Å². The molecular formula is C31H60O2. The largest absolute Gasteiger partial charge is 0.469 e. The number of ether oxygens (including phenoxy) is 1. The summed E-state index contributed by atoms with van der Waals surface area (Å²) in [5.74, 6) is -0.0661.